The number of hydrogen-bond acceptors (Lipinski definition) is 1. The molecule has 3 atom stereocenters. The van der Waals surface area contributed by atoms with Crippen molar-refractivity contribution in [1.82, 2.24) is 5.32 Å². The average Bonchev–Trinajstić information content (AvgIpc) is 2.92. The molecule has 1 saturated carbocycles. The van der Waals surface area contributed by atoms with Gasteiger partial charge >= 0.3 is 0 Å². The van der Waals surface area contributed by atoms with Crippen molar-refractivity contribution in [3.8, 4) is 0 Å². The fourth-order valence-electron chi connectivity index (χ4n) is 4.73. The third-order valence-electron chi connectivity index (χ3n) is 6.45. The standard InChI is InChI=1S/C22H29N/c1-7-15(2)14-20-18(5)21(6)13-12-17(4)22(21,23-20)19-10-8-16(3)9-11-19/h7-11,14,17,23H,1,12-13H2,2-6H3/b15-14-. The van der Waals surface area contributed by atoms with Gasteiger partial charge in [0.05, 0.1) is 5.54 Å². The lowest BCUT2D eigenvalue weighted by molar-refractivity contribution is 0.179. The van der Waals surface area contributed by atoms with E-state index in [9.17, 15) is 0 Å². The molecule has 0 bridgehead atoms. The summed E-state index contributed by atoms with van der Waals surface area (Å²) >= 11 is 0. The van der Waals surface area contributed by atoms with Gasteiger partial charge in [0, 0.05) is 11.1 Å². The molecule has 1 aliphatic heterocycles. The molecule has 0 radical (unpaired) electrons. The second-order valence-corrected chi connectivity index (χ2v) is 7.70. The van der Waals surface area contributed by atoms with Gasteiger partial charge in [0.15, 0.2) is 0 Å². The van der Waals surface area contributed by atoms with Gasteiger partial charge in [0.2, 0.25) is 0 Å². The number of aryl methyl sites for hydroxylation is 1. The van der Waals surface area contributed by atoms with Gasteiger partial charge in [-0.1, -0.05) is 56.3 Å². The fraction of sp³-hybridized carbons (Fsp3) is 0.455. The molecule has 1 N–H and O–H groups in total. The van der Waals surface area contributed by atoms with Crippen LogP contribution in [0.1, 0.15) is 51.7 Å². The highest BCUT2D eigenvalue weighted by atomic mass is 15.1. The molecule has 0 aromatic heterocycles. The van der Waals surface area contributed by atoms with E-state index in [1.165, 1.54) is 40.8 Å². The predicted octanol–water partition coefficient (Wildman–Crippen LogP) is 5.64. The summed E-state index contributed by atoms with van der Waals surface area (Å²) in [5.74, 6) is 0.611. The summed E-state index contributed by atoms with van der Waals surface area (Å²) in [6.45, 7) is 15.3. The van der Waals surface area contributed by atoms with Crippen molar-refractivity contribution >= 4 is 0 Å². The molecule has 1 aromatic rings. The number of benzene rings is 1. The van der Waals surface area contributed by atoms with E-state index in [0.717, 1.165) is 0 Å². The second kappa shape index (κ2) is 5.40. The molecule has 1 heterocycles. The van der Waals surface area contributed by atoms with E-state index in [1.807, 2.05) is 6.08 Å². The molecule has 0 amide bonds. The highest BCUT2D eigenvalue weighted by Gasteiger charge is 2.61. The lowest BCUT2D eigenvalue weighted by Gasteiger charge is -2.43. The Hall–Kier alpha value is -1.76. The Bertz CT molecular complexity index is 691. The van der Waals surface area contributed by atoms with E-state index in [1.54, 1.807) is 0 Å². The molecular formula is C22H29N. The number of rotatable bonds is 3. The van der Waals surface area contributed by atoms with E-state index in [-0.39, 0.29) is 11.0 Å². The first-order valence-corrected chi connectivity index (χ1v) is 8.72. The molecule has 1 nitrogen and oxygen atoms in total. The van der Waals surface area contributed by atoms with Crippen LogP contribution in [0.3, 0.4) is 0 Å². The molecule has 1 aliphatic carbocycles. The third kappa shape index (κ3) is 2.13. The molecule has 1 heteroatoms. The highest BCUT2D eigenvalue weighted by Crippen LogP contribution is 2.63. The number of fused-ring (bicyclic) bond motifs is 1. The maximum Gasteiger partial charge on any atom is 0.0741 e. The van der Waals surface area contributed by atoms with E-state index in [0.29, 0.717) is 5.92 Å². The van der Waals surface area contributed by atoms with Gasteiger partial charge in [0.25, 0.3) is 0 Å². The molecule has 23 heavy (non-hydrogen) atoms. The van der Waals surface area contributed by atoms with Crippen LogP contribution in [0.5, 0.6) is 0 Å². The number of allylic oxidation sites excluding steroid dienone is 3. The van der Waals surface area contributed by atoms with Crippen molar-refractivity contribution < 1.29 is 0 Å². The minimum absolute atomic E-state index is 0.0120. The zero-order chi connectivity index (χ0) is 16.8. The van der Waals surface area contributed by atoms with Gasteiger partial charge in [-0.05, 0) is 62.3 Å². The number of hydrogen-bond donors (Lipinski definition) is 1. The van der Waals surface area contributed by atoms with Crippen molar-refractivity contribution in [2.24, 2.45) is 11.3 Å². The quantitative estimate of drug-likeness (QED) is 0.713. The van der Waals surface area contributed by atoms with Crippen LogP contribution in [0.4, 0.5) is 0 Å². The number of nitrogens with one attached hydrogen (secondary N) is 1. The minimum Gasteiger partial charge on any atom is -0.374 e. The minimum atomic E-state index is 0.0120. The SMILES string of the molecule is C=C/C(C)=C\C1=C(C)C2(C)CCC(C)C2(c2ccc(C)cc2)N1. The van der Waals surface area contributed by atoms with Crippen LogP contribution < -0.4 is 5.32 Å². The van der Waals surface area contributed by atoms with Crippen LogP contribution in [-0.2, 0) is 5.54 Å². The molecule has 3 unspecified atom stereocenters. The van der Waals surface area contributed by atoms with Gasteiger partial charge in [-0.2, -0.15) is 0 Å². The summed E-state index contributed by atoms with van der Waals surface area (Å²) in [6.07, 6.45) is 6.70. The molecule has 0 spiro atoms. The van der Waals surface area contributed by atoms with Gasteiger partial charge in [0.1, 0.15) is 0 Å². The zero-order valence-electron chi connectivity index (χ0n) is 15.2. The monoisotopic (exact) mass is 307 g/mol. The van der Waals surface area contributed by atoms with E-state index in [2.05, 4.69) is 76.9 Å². The lowest BCUT2D eigenvalue weighted by Crippen LogP contribution is -2.49. The van der Waals surface area contributed by atoms with Crippen LogP contribution in [0, 0.1) is 18.3 Å². The average molecular weight is 307 g/mol. The van der Waals surface area contributed by atoms with Crippen LogP contribution >= 0.6 is 0 Å². The maximum atomic E-state index is 3.96. The Kier molecular flexibility index (Phi) is 3.78. The van der Waals surface area contributed by atoms with E-state index < -0.39 is 0 Å². The molecule has 122 valence electrons. The first-order chi connectivity index (χ1) is 10.8. The molecular weight excluding hydrogens is 278 g/mol. The summed E-state index contributed by atoms with van der Waals surface area (Å²) in [6, 6.07) is 9.14. The van der Waals surface area contributed by atoms with Crippen LogP contribution in [-0.4, -0.2) is 0 Å². The summed E-state index contributed by atoms with van der Waals surface area (Å²) in [5.41, 5.74) is 6.92. The van der Waals surface area contributed by atoms with Crippen LogP contribution in [0.15, 0.2) is 59.8 Å². The highest BCUT2D eigenvalue weighted by molar-refractivity contribution is 5.48. The summed E-state index contributed by atoms with van der Waals surface area (Å²) in [5, 5.41) is 3.96. The van der Waals surface area contributed by atoms with E-state index in [4.69, 9.17) is 0 Å². The van der Waals surface area contributed by atoms with Crippen molar-refractivity contribution in [3.05, 3.63) is 71.0 Å². The lowest BCUT2D eigenvalue weighted by atomic mass is 9.65. The fourth-order valence-corrected chi connectivity index (χ4v) is 4.73. The normalized spacial score (nSPS) is 33.6. The van der Waals surface area contributed by atoms with Crippen molar-refractivity contribution in [2.75, 3.05) is 0 Å². The smallest absolute Gasteiger partial charge is 0.0741 e. The van der Waals surface area contributed by atoms with E-state index >= 15 is 0 Å². The Labute approximate surface area is 141 Å². The van der Waals surface area contributed by atoms with Crippen LogP contribution in [0.25, 0.3) is 0 Å². The maximum absolute atomic E-state index is 3.96. The Morgan fingerprint density at radius 3 is 2.52 bits per heavy atom. The van der Waals surface area contributed by atoms with Crippen LogP contribution in [0.2, 0.25) is 0 Å². The van der Waals surface area contributed by atoms with Gasteiger partial charge < -0.3 is 5.32 Å². The summed E-state index contributed by atoms with van der Waals surface area (Å²) < 4.78 is 0. The Morgan fingerprint density at radius 2 is 1.91 bits per heavy atom. The predicted molar refractivity (Wildman–Crippen MR) is 99.2 cm³/mol. The molecule has 1 aromatic carbocycles. The molecule has 1 fully saturated rings. The van der Waals surface area contributed by atoms with Gasteiger partial charge in [-0.25, -0.2) is 0 Å². The molecule has 2 aliphatic rings. The zero-order valence-corrected chi connectivity index (χ0v) is 15.2. The van der Waals surface area contributed by atoms with Crippen molar-refractivity contribution in [1.29, 1.82) is 0 Å². The largest absolute Gasteiger partial charge is 0.374 e. The Balaban J connectivity index is 2.15. The van der Waals surface area contributed by atoms with Crippen molar-refractivity contribution in [2.45, 2.75) is 53.0 Å². The van der Waals surface area contributed by atoms with Gasteiger partial charge in [-0.3, -0.25) is 0 Å². The topological polar surface area (TPSA) is 12.0 Å². The summed E-state index contributed by atoms with van der Waals surface area (Å²) in [7, 11) is 0. The third-order valence-corrected chi connectivity index (χ3v) is 6.45. The molecule has 0 saturated heterocycles. The summed E-state index contributed by atoms with van der Waals surface area (Å²) in [4.78, 5) is 0. The Morgan fingerprint density at radius 1 is 1.26 bits per heavy atom. The van der Waals surface area contributed by atoms with Crippen molar-refractivity contribution in [3.63, 3.8) is 0 Å². The van der Waals surface area contributed by atoms with Gasteiger partial charge in [-0.15, -0.1) is 0 Å². The molecule has 3 rings (SSSR count). The first-order valence-electron chi connectivity index (χ1n) is 8.72. The second-order valence-electron chi connectivity index (χ2n) is 7.70. The first kappa shape index (κ1) is 16.1.